The number of hydrogen-bond acceptors (Lipinski definition) is 2. The van der Waals surface area contributed by atoms with Gasteiger partial charge in [-0.3, -0.25) is 4.79 Å². The molecule has 0 unspecified atom stereocenters. The van der Waals surface area contributed by atoms with E-state index in [9.17, 15) is 9.59 Å². The average molecular weight is 244 g/mol. The van der Waals surface area contributed by atoms with E-state index in [4.69, 9.17) is 10.8 Å². The standard InChI is InChI=1S/C13H12N2O3/c1-7-2-4-10-9(6-7)8(3-5-11(14)16)12(15-10)13(17)18/h2-6,15H,1H3,(H2,14,16)(H,17,18)/b5-3+. The summed E-state index contributed by atoms with van der Waals surface area (Å²) in [5, 5.41) is 9.87. The summed E-state index contributed by atoms with van der Waals surface area (Å²) in [5.41, 5.74) is 7.25. The van der Waals surface area contributed by atoms with E-state index in [-0.39, 0.29) is 5.69 Å². The molecule has 0 atom stereocenters. The van der Waals surface area contributed by atoms with Crippen molar-refractivity contribution in [3.05, 3.63) is 41.1 Å². The normalized spacial score (nSPS) is 11.2. The fraction of sp³-hybridized carbons (Fsp3) is 0.0769. The third kappa shape index (κ3) is 2.10. The van der Waals surface area contributed by atoms with Gasteiger partial charge in [0.2, 0.25) is 5.91 Å². The maximum absolute atomic E-state index is 11.1. The number of nitrogens with one attached hydrogen (secondary N) is 1. The molecule has 5 heteroatoms. The molecule has 0 bridgehead atoms. The molecule has 0 fully saturated rings. The number of aromatic nitrogens is 1. The Bertz CT molecular complexity index is 668. The molecule has 92 valence electrons. The second kappa shape index (κ2) is 4.37. The zero-order valence-corrected chi connectivity index (χ0v) is 9.73. The van der Waals surface area contributed by atoms with Gasteiger partial charge in [0.15, 0.2) is 0 Å². The Morgan fingerprint density at radius 3 is 2.72 bits per heavy atom. The van der Waals surface area contributed by atoms with Crippen LogP contribution in [-0.4, -0.2) is 22.0 Å². The zero-order chi connectivity index (χ0) is 13.3. The minimum Gasteiger partial charge on any atom is -0.477 e. The van der Waals surface area contributed by atoms with E-state index < -0.39 is 11.9 Å². The second-order valence-electron chi connectivity index (χ2n) is 4.00. The van der Waals surface area contributed by atoms with Crippen LogP contribution in [0.25, 0.3) is 17.0 Å². The van der Waals surface area contributed by atoms with Crippen LogP contribution < -0.4 is 5.73 Å². The fourth-order valence-corrected chi connectivity index (χ4v) is 1.83. The van der Waals surface area contributed by atoms with E-state index in [0.717, 1.165) is 17.0 Å². The van der Waals surface area contributed by atoms with E-state index in [2.05, 4.69) is 4.98 Å². The molecular formula is C13H12N2O3. The van der Waals surface area contributed by atoms with E-state index in [1.54, 1.807) is 6.07 Å². The number of primary amides is 1. The van der Waals surface area contributed by atoms with Crippen LogP contribution in [0.1, 0.15) is 21.6 Å². The minimum atomic E-state index is -1.08. The van der Waals surface area contributed by atoms with Crippen molar-refractivity contribution in [3.63, 3.8) is 0 Å². The molecule has 18 heavy (non-hydrogen) atoms. The van der Waals surface area contributed by atoms with Crippen molar-refractivity contribution < 1.29 is 14.7 Å². The molecule has 2 rings (SSSR count). The number of carbonyl (C=O) groups excluding carboxylic acids is 1. The van der Waals surface area contributed by atoms with Gasteiger partial charge in [0.25, 0.3) is 0 Å². The van der Waals surface area contributed by atoms with Crippen LogP contribution >= 0.6 is 0 Å². The van der Waals surface area contributed by atoms with Gasteiger partial charge in [-0.15, -0.1) is 0 Å². The molecule has 1 amide bonds. The highest BCUT2D eigenvalue weighted by Gasteiger charge is 2.15. The molecule has 0 saturated carbocycles. The van der Waals surface area contributed by atoms with Crippen molar-refractivity contribution in [2.24, 2.45) is 5.73 Å². The highest BCUT2D eigenvalue weighted by molar-refractivity contribution is 6.04. The maximum Gasteiger partial charge on any atom is 0.352 e. The molecule has 2 aromatic rings. The van der Waals surface area contributed by atoms with Gasteiger partial charge >= 0.3 is 5.97 Å². The predicted octanol–water partition coefficient (Wildman–Crippen LogP) is 1.67. The Morgan fingerprint density at radius 1 is 1.39 bits per heavy atom. The Morgan fingerprint density at radius 2 is 2.11 bits per heavy atom. The van der Waals surface area contributed by atoms with Gasteiger partial charge in [-0.2, -0.15) is 0 Å². The molecule has 0 saturated heterocycles. The van der Waals surface area contributed by atoms with Gasteiger partial charge in [-0.25, -0.2) is 4.79 Å². The van der Waals surface area contributed by atoms with Gasteiger partial charge in [0.1, 0.15) is 5.69 Å². The number of carbonyl (C=O) groups is 2. The van der Waals surface area contributed by atoms with Crippen molar-refractivity contribution in [2.75, 3.05) is 0 Å². The number of aryl methyl sites for hydroxylation is 1. The smallest absolute Gasteiger partial charge is 0.352 e. The van der Waals surface area contributed by atoms with E-state index >= 15 is 0 Å². The van der Waals surface area contributed by atoms with Crippen LogP contribution in [-0.2, 0) is 4.79 Å². The molecule has 0 radical (unpaired) electrons. The van der Waals surface area contributed by atoms with Crippen molar-refractivity contribution in [1.82, 2.24) is 4.98 Å². The number of hydrogen-bond donors (Lipinski definition) is 3. The minimum absolute atomic E-state index is 0.0492. The van der Waals surface area contributed by atoms with E-state index in [0.29, 0.717) is 11.1 Å². The fourth-order valence-electron chi connectivity index (χ4n) is 1.83. The summed E-state index contributed by atoms with van der Waals surface area (Å²) in [7, 11) is 0. The quantitative estimate of drug-likeness (QED) is 0.716. The lowest BCUT2D eigenvalue weighted by Gasteiger charge is -1.95. The predicted molar refractivity (Wildman–Crippen MR) is 68.2 cm³/mol. The van der Waals surface area contributed by atoms with Gasteiger partial charge in [0, 0.05) is 22.5 Å². The van der Waals surface area contributed by atoms with Crippen LogP contribution in [0.2, 0.25) is 0 Å². The van der Waals surface area contributed by atoms with Gasteiger partial charge in [-0.05, 0) is 25.1 Å². The van der Waals surface area contributed by atoms with Gasteiger partial charge in [-0.1, -0.05) is 11.6 Å². The molecule has 0 spiro atoms. The number of rotatable bonds is 3. The zero-order valence-electron chi connectivity index (χ0n) is 9.73. The van der Waals surface area contributed by atoms with Crippen LogP contribution in [0.3, 0.4) is 0 Å². The molecule has 1 aromatic heterocycles. The number of aromatic amines is 1. The Balaban J connectivity index is 2.72. The first-order chi connectivity index (χ1) is 8.49. The molecule has 5 nitrogen and oxygen atoms in total. The first kappa shape index (κ1) is 11.9. The molecule has 0 aliphatic carbocycles. The molecule has 0 aliphatic heterocycles. The van der Waals surface area contributed by atoms with Crippen molar-refractivity contribution in [1.29, 1.82) is 0 Å². The van der Waals surface area contributed by atoms with Crippen LogP contribution in [0, 0.1) is 6.92 Å². The Hall–Kier alpha value is -2.56. The van der Waals surface area contributed by atoms with Crippen molar-refractivity contribution >= 4 is 28.9 Å². The lowest BCUT2D eigenvalue weighted by Crippen LogP contribution is -2.05. The van der Waals surface area contributed by atoms with E-state index in [1.807, 2.05) is 19.1 Å². The van der Waals surface area contributed by atoms with Crippen LogP contribution in [0.15, 0.2) is 24.3 Å². The number of carboxylic acid groups (broad SMARTS) is 1. The molecular weight excluding hydrogens is 232 g/mol. The number of H-pyrrole nitrogens is 1. The Labute approximate surface area is 103 Å². The summed E-state index contributed by atoms with van der Waals surface area (Å²) in [6.45, 7) is 1.91. The van der Waals surface area contributed by atoms with E-state index in [1.165, 1.54) is 6.08 Å². The molecule has 0 aliphatic rings. The monoisotopic (exact) mass is 244 g/mol. The highest BCUT2D eigenvalue weighted by atomic mass is 16.4. The van der Waals surface area contributed by atoms with Gasteiger partial charge in [0.05, 0.1) is 0 Å². The first-order valence-corrected chi connectivity index (χ1v) is 5.32. The van der Waals surface area contributed by atoms with Crippen LogP contribution in [0.5, 0.6) is 0 Å². The summed E-state index contributed by atoms with van der Waals surface area (Å²) < 4.78 is 0. The number of fused-ring (bicyclic) bond motifs is 1. The summed E-state index contributed by atoms with van der Waals surface area (Å²) in [5.74, 6) is -1.69. The molecule has 1 aromatic carbocycles. The molecule has 4 N–H and O–H groups in total. The van der Waals surface area contributed by atoms with Crippen LogP contribution in [0.4, 0.5) is 0 Å². The summed E-state index contributed by atoms with van der Waals surface area (Å²) >= 11 is 0. The second-order valence-corrected chi connectivity index (χ2v) is 4.00. The summed E-state index contributed by atoms with van der Waals surface area (Å²) in [6.07, 6.45) is 2.57. The average Bonchev–Trinajstić information content (AvgIpc) is 2.64. The van der Waals surface area contributed by atoms with Crippen molar-refractivity contribution in [2.45, 2.75) is 6.92 Å². The maximum atomic E-state index is 11.1. The third-order valence-corrected chi connectivity index (χ3v) is 2.62. The van der Waals surface area contributed by atoms with Crippen molar-refractivity contribution in [3.8, 4) is 0 Å². The summed E-state index contributed by atoms with van der Waals surface area (Å²) in [4.78, 5) is 24.7. The summed E-state index contributed by atoms with van der Waals surface area (Å²) in [6, 6.07) is 5.55. The number of nitrogens with two attached hydrogens (primary N) is 1. The number of carboxylic acids is 1. The van der Waals surface area contributed by atoms with Gasteiger partial charge < -0.3 is 15.8 Å². The number of amides is 1. The lowest BCUT2D eigenvalue weighted by atomic mass is 10.1. The SMILES string of the molecule is Cc1ccc2[nH]c(C(=O)O)c(/C=C/C(N)=O)c2c1. The molecule has 1 heterocycles. The number of aromatic carboxylic acids is 1. The largest absolute Gasteiger partial charge is 0.477 e. The lowest BCUT2D eigenvalue weighted by molar-refractivity contribution is -0.113. The topological polar surface area (TPSA) is 96.2 Å². The Kier molecular flexibility index (Phi) is 2.89. The number of benzene rings is 1. The highest BCUT2D eigenvalue weighted by Crippen LogP contribution is 2.25. The first-order valence-electron chi connectivity index (χ1n) is 5.32. The third-order valence-electron chi connectivity index (χ3n) is 2.62.